The van der Waals surface area contributed by atoms with Crippen LogP contribution in [0.15, 0.2) is 41.5 Å². The minimum Gasteiger partial charge on any atom is -0.481 e. The molecule has 1 aliphatic rings. The van der Waals surface area contributed by atoms with Crippen molar-refractivity contribution in [3.05, 3.63) is 52.7 Å². The summed E-state index contributed by atoms with van der Waals surface area (Å²) in [6.07, 6.45) is 4.04. The fourth-order valence-corrected chi connectivity index (χ4v) is 2.71. The summed E-state index contributed by atoms with van der Waals surface area (Å²) in [7, 11) is 1.71. The average molecular weight is 287 g/mol. The van der Waals surface area contributed by atoms with Gasteiger partial charge in [-0.25, -0.2) is 4.79 Å². The van der Waals surface area contributed by atoms with E-state index in [9.17, 15) is 9.59 Å². The molecule has 2 unspecified atom stereocenters. The van der Waals surface area contributed by atoms with E-state index in [-0.39, 0.29) is 17.6 Å². The molecule has 2 N–H and O–H groups in total. The fraction of sp³-hybridized carbons (Fsp3) is 0.333. The Morgan fingerprint density at radius 2 is 2.00 bits per heavy atom. The first kappa shape index (κ1) is 13.6. The Labute approximate surface area is 121 Å². The number of carboxylic acid groups (broad SMARTS) is 1. The van der Waals surface area contributed by atoms with Crippen LogP contribution in [0.3, 0.4) is 0 Å². The second-order valence-corrected chi connectivity index (χ2v) is 5.38. The number of aryl methyl sites for hydroxylation is 1. The molecule has 21 heavy (non-hydrogen) atoms. The van der Waals surface area contributed by atoms with Gasteiger partial charge in [0.25, 0.3) is 0 Å². The number of aliphatic carboxylic acids is 1. The molecule has 6 nitrogen and oxygen atoms in total. The van der Waals surface area contributed by atoms with Crippen molar-refractivity contribution in [2.75, 3.05) is 6.54 Å². The van der Waals surface area contributed by atoms with Gasteiger partial charge in [-0.05, 0) is 24.1 Å². The van der Waals surface area contributed by atoms with Crippen LogP contribution in [0.1, 0.15) is 18.0 Å². The van der Waals surface area contributed by atoms with Crippen LogP contribution in [0.5, 0.6) is 0 Å². The van der Waals surface area contributed by atoms with Crippen LogP contribution in [0.4, 0.5) is 0 Å². The molecular formula is C15H17N3O3. The molecular weight excluding hydrogens is 270 g/mol. The smallest absolute Gasteiger partial charge is 0.332 e. The third-order valence-corrected chi connectivity index (χ3v) is 4.00. The lowest BCUT2D eigenvalue weighted by Crippen LogP contribution is -2.20. The largest absolute Gasteiger partial charge is 0.481 e. The first-order valence-corrected chi connectivity index (χ1v) is 6.87. The van der Waals surface area contributed by atoms with Gasteiger partial charge in [0.1, 0.15) is 0 Å². The maximum Gasteiger partial charge on any atom is 0.332 e. The van der Waals surface area contributed by atoms with Gasteiger partial charge in [0.15, 0.2) is 0 Å². The molecule has 6 heteroatoms. The number of hydrogen-bond donors (Lipinski definition) is 2. The highest BCUT2D eigenvalue weighted by Gasteiger charge is 2.29. The zero-order valence-corrected chi connectivity index (χ0v) is 11.7. The molecule has 3 rings (SSSR count). The van der Waals surface area contributed by atoms with Gasteiger partial charge < -0.3 is 15.0 Å². The first-order chi connectivity index (χ1) is 10.1. The molecule has 0 aliphatic carbocycles. The Bertz CT molecular complexity index is 715. The van der Waals surface area contributed by atoms with Crippen LogP contribution in [0.25, 0.3) is 5.69 Å². The van der Waals surface area contributed by atoms with Crippen molar-refractivity contribution < 1.29 is 9.90 Å². The van der Waals surface area contributed by atoms with E-state index in [0.29, 0.717) is 13.0 Å². The van der Waals surface area contributed by atoms with E-state index in [1.807, 2.05) is 24.3 Å². The average Bonchev–Trinajstić information content (AvgIpc) is 3.08. The standard InChI is InChI=1S/C15H17N3O3/c1-17-6-7-18(15(17)21)12-4-2-10(3-5-12)13-8-11(9-16-13)14(19)20/h2-7,11,13,16H,8-9H2,1H3,(H,19,20). The number of hydrogen-bond acceptors (Lipinski definition) is 3. The molecule has 0 saturated carbocycles. The van der Waals surface area contributed by atoms with Gasteiger partial charge in [0.2, 0.25) is 0 Å². The highest BCUT2D eigenvalue weighted by molar-refractivity contribution is 5.70. The number of aromatic nitrogens is 2. The molecule has 1 fully saturated rings. The number of imidazole rings is 1. The second kappa shape index (κ2) is 5.21. The predicted octanol–water partition coefficient (Wildman–Crippen LogP) is 0.911. The summed E-state index contributed by atoms with van der Waals surface area (Å²) >= 11 is 0. The van der Waals surface area contributed by atoms with Crippen molar-refractivity contribution in [1.29, 1.82) is 0 Å². The van der Waals surface area contributed by atoms with E-state index < -0.39 is 5.97 Å². The third-order valence-electron chi connectivity index (χ3n) is 4.00. The summed E-state index contributed by atoms with van der Waals surface area (Å²) in [4.78, 5) is 22.9. The molecule has 0 spiro atoms. The molecule has 2 aromatic rings. The number of carboxylic acids is 1. The first-order valence-electron chi connectivity index (χ1n) is 6.87. The fourth-order valence-electron chi connectivity index (χ4n) is 2.71. The molecule has 1 aliphatic heterocycles. The summed E-state index contributed by atoms with van der Waals surface area (Å²) in [6, 6.07) is 7.71. The van der Waals surface area contributed by atoms with Gasteiger partial charge in [-0.2, -0.15) is 0 Å². The van der Waals surface area contributed by atoms with E-state index in [4.69, 9.17) is 5.11 Å². The number of carbonyl (C=O) groups is 1. The zero-order valence-electron chi connectivity index (χ0n) is 11.7. The maximum atomic E-state index is 11.9. The number of nitrogens with zero attached hydrogens (tertiary/aromatic N) is 2. The summed E-state index contributed by atoms with van der Waals surface area (Å²) in [6.45, 7) is 0.500. The van der Waals surface area contributed by atoms with E-state index in [2.05, 4.69) is 5.32 Å². The molecule has 0 amide bonds. The molecule has 0 bridgehead atoms. The monoisotopic (exact) mass is 287 g/mol. The van der Waals surface area contributed by atoms with Crippen molar-refractivity contribution in [2.24, 2.45) is 13.0 Å². The van der Waals surface area contributed by atoms with Crippen molar-refractivity contribution in [3.8, 4) is 5.69 Å². The molecule has 0 radical (unpaired) electrons. The lowest BCUT2D eigenvalue weighted by molar-refractivity contribution is -0.141. The van der Waals surface area contributed by atoms with Gasteiger partial charge in [0.05, 0.1) is 11.6 Å². The summed E-state index contributed by atoms with van der Waals surface area (Å²) in [5.74, 6) is -1.08. The lowest BCUT2D eigenvalue weighted by atomic mass is 10.00. The van der Waals surface area contributed by atoms with E-state index >= 15 is 0 Å². The Morgan fingerprint density at radius 3 is 2.52 bits per heavy atom. The van der Waals surface area contributed by atoms with Crippen LogP contribution < -0.4 is 11.0 Å². The summed E-state index contributed by atoms with van der Waals surface area (Å²) < 4.78 is 3.09. The van der Waals surface area contributed by atoms with Crippen LogP contribution in [-0.4, -0.2) is 26.8 Å². The number of benzene rings is 1. The van der Waals surface area contributed by atoms with Gasteiger partial charge in [-0.3, -0.25) is 9.36 Å². The molecule has 1 aromatic carbocycles. The van der Waals surface area contributed by atoms with E-state index in [0.717, 1.165) is 11.3 Å². The van der Waals surface area contributed by atoms with Crippen molar-refractivity contribution in [3.63, 3.8) is 0 Å². The van der Waals surface area contributed by atoms with Crippen LogP contribution in [0.2, 0.25) is 0 Å². The Kier molecular flexibility index (Phi) is 3.39. The summed E-state index contributed by atoms with van der Waals surface area (Å²) in [5.41, 5.74) is 1.76. The second-order valence-electron chi connectivity index (χ2n) is 5.38. The van der Waals surface area contributed by atoms with Gasteiger partial charge >= 0.3 is 11.7 Å². The van der Waals surface area contributed by atoms with E-state index in [1.54, 1.807) is 24.0 Å². The Balaban J connectivity index is 1.80. The minimum absolute atomic E-state index is 0.0626. The molecule has 1 aromatic heterocycles. The molecule has 1 saturated heterocycles. The highest BCUT2D eigenvalue weighted by atomic mass is 16.4. The van der Waals surface area contributed by atoms with Crippen LogP contribution in [0, 0.1) is 5.92 Å². The molecule has 2 heterocycles. The maximum absolute atomic E-state index is 11.9. The Morgan fingerprint density at radius 1 is 1.29 bits per heavy atom. The highest BCUT2D eigenvalue weighted by Crippen LogP contribution is 2.27. The normalized spacial score (nSPS) is 21.6. The molecule has 110 valence electrons. The summed E-state index contributed by atoms with van der Waals surface area (Å²) in [5, 5.41) is 12.2. The van der Waals surface area contributed by atoms with Gasteiger partial charge in [-0.15, -0.1) is 0 Å². The topological polar surface area (TPSA) is 76.3 Å². The number of rotatable bonds is 3. The quantitative estimate of drug-likeness (QED) is 0.880. The SMILES string of the molecule is Cn1ccn(-c2ccc(C3CC(C(=O)O)CN3)cc2)c1=O. The Hall–Kier alpha value is -2.34. The van der Waals surface area contributed by atoms with Crippen molar-refractivity contribution in [2.45, 2.75) is 12.5 Å². The molecule has 2 atom stereocenters. The number of nitrogens with one attached hydrogen (secondary N) is 1. The zero-order chi connectivity index (χ0) is 15.0. The minimum atomic E-state index is -0.752. The van der Waals surface area contributed by atoms with Gasteiger partial charge in [0, 0.05) is 32.0 Å². The van der Waals surface area contributed by atoms with E-state index in [1.165, 1.54) is 4.57 Å². The van der Waals surface area contributed by atoms with Gasteiger partial charge in [-0.1, -0.05) is 12.1 Å². The van der Waals surface area contributed by atoms with Crippen LogP contribution in [-0.2, 0) is 11.8 Å². The van der Waals surface area contributed by atoms with Crippen molar-refractivity contribution >= 4 is 5.97 Å². The van der Waals surface area contributed by atoms with Crippen LogP contribution >= 0.6 is 0 Å². The van der Waals surface area contributed by atoms with Crippen molar-refractivity contribution in [1.82, 2.24) is 14.5 Å². The lowest BCUT2D eigenvalue weighted by Gasteiger charge is -2.11. The predicted molar refractivity (Wildman–Crippen MR) is 77.5 cm³/mol. The third kappa shape index (κ3) is 2.50.